The fourth-order valence-electron chi connectivity index (χ4n) is 4.09. The van der Waals surface area contributed by atoms with E-state index in [-0.39, 0.29) is 11.3 Å². The van der Waals surface area contributed by atoms with Crippen molar-refractivity contribution in [1.82, 2.24) is 9.80 Å². The zero-order chi connectivity index (χ0) is 24.7. The summed E-state index contributed by atoms with van der Waals surface area (Å²) in [6.45, 7) is 9.57. The van der Waals surface area contributed by atoms with Crippen LogP contribution < -0.4 is 4.74 Å². The molecule has 1 heterocycles. The molecule has 0 spiro atoms. The minimum Gasteiger partial charge on any atom is -0.507 e. The fraction of sp³-hybridized carbons (Fsp3) is 0.407. The van der Waals surface area contributed by atoms with Crippen molar-refractivity contribution in [2.24, 2.45) is 0 Å². The van der Waals surface area contributed by atoms with Crippen LogP contribution in [-0.2, 0) is 9.59 Å². The Bertz CT molecular complexity index is 1010. The van der Waals surface area contributed by atoms with E-state index in [4.69, 9.17) is 16.3 Å². The lowest BCUT2D eigenvalue weighted by Gasteiger charge is -2.28. The van der Waals surface area contributed by atoms with Crippen molar-refractivity contribution in [1.29, 1.82) is 0 Å². The number of carbonyl (C=O) groups excluding carboxylic acids is 2. The molecule has 1 aliphatic heterocycles. The van der Waals surface area contributed by atoms with E-state index in [2.05, 4.69) is 25.7 Å². The maximum Gasteiger partial charge on any atom is 0.295 e. The Kier molecular flexibility index (Phi) is 9.13. The number of benzene rings is 2. The molecule has 1 N–H and O–H groups in total. The molecule has 0 bridgehead atoms. The second kappa shape index (κ2) is 12.0. The lowest BCUT2D eigenvalue weighted by atomic mass is 9.95. The predicted octanol–water partition coefficient (Wildman–Crippen LogP) is 5.28. The van der Waals surface area contributed by atoms with E-state index in [0.717, 1.165) is 37.2 Å². The van der Waals surface area contributed by atoms with Crippen LogP contribution in [-0.4, -0.2) is 59.4 Å². The summed E-state index contributed by atoms with van der Waals surface area (Å²) in [6.07, 6.45) is 2.01. The van der Waals surface area contributed by atoms with E-state index >= 15 is 0 Å². The zero-order valence-electron chi connectivity index (χ0n) is 20.1. The van der Waals surface area contributed by atoms with Crippen LogP contribution in [0.2, 0.25) is 5.02 Å². The Hall–Kier alpha value is -2.83. The van der Waals surface area contributed by atoms with E-state index in [1.807, 2.05) is 24.3 Å². The van der Waals surface area contributed by atoms with Crippen LogP contribution in [0.5, 0.6) is 5.75 Å². The number of hydrogen-bond donors (Lipinski definition) is 1. The minimum atomic E-state index is -0.684. The van der Waals surface area contributed by atoms with Crippen LogP contribution >= 0.6 is 11.6 Å². The van der Waals surface area contributed by atoms with Crippen molar-refractivity contribution < 1.29 is 19.4 Å². The van der Waals surface area contributed by atoms with Gasteiger partial charge in [-0.1, -0.05) is 50.9 Å². The third-order valence-corrected chi connectivity index (χ3v) is 6.42. The van der Waals surface area contributed by atoms with Gasteiger partial charge in [0.1, 0.15) is 11.5 Å². The topological polar surface area (TPSA) is 70.1 Å². The smallest absolute Gasteiger partial charge is 0.295 e. The van der Waals surface area contributed by atoms with Crippen LogP contribution in [0, 0.1) is 0 Å². The number of aliphatic hydroxyl groups is 1. The highest BCUT2D eigenvalue weighted by Crippen LogP contribution is 2.39. The number of nitrogens with zero attached hydrogens (tertiary/aromatic N) is 2. The van der Waals surface area contributed by atoms with Crippen LogP contribution in [0.25, 0.3) is 5.76 Å². The molecule has 1 unspecified atom stereocenters. The first-order chi connectivity index (χ1) is 16.4. The number of ether oxygens (including phenoxy) is 1. The maximum atomic E-state index is 13.1. The molecule has 7 heteroatoms. The van der Waals surface area contributed by atoms with Gasteiger partial charge in [-0.05, 0) is 61.5 Å². The van der Waals surface area contributed by atoms with Gasteiger partial charge in [0.15, 0.2) is 0 Å². The third kappa shape index (κ3) is 5.80. The summed E-state index contributed by atoms with van der Waals surface area (Å²) < 4.78 is 5.77. The van der Waals surface area contributed by atoms with Crippen LogP contribution in [0.1, 0.15) is 50.8 Å². The normalized spacial score (nSPS) is 17.6. The van der Waals surface area contributed by atoms with Crippen molar-refractivity contribution in [2.45, 2.75) is 39.7 Å². The molecule has 0 aliphatic carbocycles. The summed E-state index contributed by atoms with van der Waals surface area (Å²) in [5, 5.41) is 11.6. The van der Waals surface area contributed by atoms with E-state index in [0.29, 0.717) is 30.3 Å². The van der Waals surface area contributed by atoms with Crippen molar-refractivity contribution in [3.05, 3.63) is 70.3 Å². The van der Waals surface area contributed by atoms with Gasteiger partial charge >= 0.3 is 0 Å². The molecule has 1 aliphatic rings. The summed E-state index contributed by atoms with van der Waals surface area (Å²) in [4.78, 5) is 30.0. The largest absolute Gasteiger partial charge is 0.507 e. The van der Waals surface area contributed by atoms with Gasteiger partial charge in [0.25, 0.3) is 11.7 Å². The zero-order valence-corrected chi connectivity index (χ0v) is 20.8. The molecule has 0 aromatic heterocycles. The van der Waals surface area contributed by atoms with Crippen molar-refractivity contribution in [3.8, 4) is 5.75 Å². The Morgan fingerprint density at radius 2 is 1.68 bits per heavy atom. The molecule has 1 fully saturated rings. The number of hydrogen-bond acceptors (Lipinski definition) is 5. The van der Waals surface area contributed by atoms with Gasteiger partial charge in [-0.3, -0.25) is 9.59 Å². The number of likely N-dealkylation sites (tertiary alicyclic amines) is 1. The monoisotopic (exact) mass is 484 g/mol. The lowest BCUT2D eigenvalue weighted by molar-refractivity contribution is -0.140. The van der Waals surface area contributed by atoms with Gasteiger partial charge in [-0.25, -0.2) is 0 Å². The van der Waals surface area contributed by atoms with Crippen LogP contribution in [0.3, 0.4) is 0 Å². The van der Waals surface area contributed by atoms with Gasteiger partial charge in [0.2, 0.25) is 0 Å². The molecule has 2 aromatic rings. The third-order valence-electron chi connectivity index (χ3n) is 6.17. The summed E-state index contributed by atoms with van der Waals surface area (Å²) >= 11 is 5.99. The molecule has 0 saturated carbocycles. The SMILES string of the molecule is CCCCOc1ccc(C2/C(=C(\O)c3ccc(Cl)cc3)C(=O)C(=O)N2CCN(CC)CC)cc1. The number of ketones is 1. The molecule has 34 heavy (non-hydrogen) atoms. The fourth-order valence-corrected chi connectivity index (χ4v) is 4.22. The highest BCUT2D eigenvalue weighted by Gasteiger charge is 2.45. The summed E-state index contributed by atoms with van der Waals surface area (Å²) in [7, 11) is 0. The molecule has 182 valence electrons. The Labute approximate surface area is 206 Å². The average Bonchev–Trinajstić information content (AvgIpc) is 3.10. The standard InChI is InChI=1S/C27H33ClN2O4/c1-4-7-18-34-22-14-10-19(11-15-22)24-23(25(31)20-8-12-21(28)13-9-20)26(32)27(33)30(24)17-16-29(5-2)6-3/h8-15,24,31H,4-7,16-18H2,1-3H3/b25-23+. The van der Waals surface area contributed by atoms with E-state index < -0.39 is 17.7 Å². The van der Waals surface area contributed by atoms with E-state index in [1.54, 1.807) is 29.2 Å². The number of amides is 1. The summed E-state index contributed by atoms with van der Waals surface area (Å²) in [5.74, 6) is -0.750. The molecule has 1 atom stereocenters. The number of halogens is 1. The molecule has 0 radical (unpaired) electrons. The number of aliphatic hydroxyl groups excluding tert-OH is 1. The molecular weight excluding hydrogens is 452 g/mol. The Balaban J connectivity index is 2.01. The van der Waals surface area contributed by atoms with Crippen molar-refractivity contribution >= 4 is 29.1 Å². The molecule has 3 rings (SSSR count). The van der Waals surface area contributed by atoms with Crippen molar-refractivity contribution in [3.63, 3.8) is 0 Å². The molecule has 6 nitrogen and oxygen atoms in total. The summed E-state index contributed by atoms with van der Waals surface area (Å²) in [6, 6.07) is 13.3. The predicted molar refractivity (Wildman–Crippen MR) is 135 cm³/mol. The lowest BCUT2D eigenvalue weighted by Crippen LogP contribution is -2.38. The quantitative estimate of drug-likeness (QED) is 0.203. The number of likely N-dealkylation sites (N-methyl/N-ethyl adjacent to an activating group) is 1. The van der Waals surface area contributed by atoms with Gasteiger partial charge < -0.3 is 19.6 Å². The molecular formula is C27H33ClN2O4. The first-order valence-electron chi connectivity index (χ1n) is 11.9. The molecule has 1 saturated heterocycles. The minimum absolute atomic E-state index is 0.0894. The van der Waals surface area contributed by atoms with Gasteiger partial charge in [0.05, 0.1) is 18.2 Å². The number of carbonyl (C=O) groups is 2. The van der Waals surface area contributed by atoms with Crippen LogP contribution in [0.15, 0.2) is 54.1 Å². The average molecular weight is 485 g/mol. The molecule has 1 amide bonds. The highest BCUT2D eigenvalue weighted by atomic mass is 35.5. The Morgan fingerprint density at radius 3 is 2.26 bits per heavy atom. The first-order valence-corrected chi connectivity index (χ1v) is 12.3. The second-order valence-corrected chi connectivity index (χ2v) is 8.73. The second-order valence-electron chi connectivity index (χ2n) is 8.30. The van der Waals surface area contributed by atoms with Crippen LogP contribution in [0.4, 0.5) is 0 Å². The van der Waals surface area contributed by atoms with Gasteiger partial charge in [-0.2, -0.15) is 0 Å². The number of unbranched alkanes of at least 4 members (excludes halogenated alkanes) is 1. The van der Waals surface area contributed by atoms with E-state index in [1.165, 1.54) is 0 Å². The molecule has 2 aromatic carbocycles. The number of rotatable bonds is 11. The maximum absolute atomic E-state index is 13.1. The van der Waals surface area contributed by atoms with Gasteiger partial charge in [0, 0.05) is 23.7 Å². The van der Waals surface area contributed by atoms with Crippen molar-refractivity contribution in [2.75, 3.05) is 32.8 Å². The van der Waals surface area contributed by atoms with Gasteiger partial charge in [-0.15, -0.1) is 0 Å². The summed E-state index contributed by atoms with van der Waals surface area (Å²) in [5.41, 5.74) is 1.28. The first kappa shape index (κ1) is 25.8. The highest BCUT2D eigenvalue weighted by molar-refractivity contribution is 6.46. The number of Topliss-reactive ketones (excluding diaryl/α,β-unsaturated/α-hetero) is 1. The Morgan fingerprint density at radius 1 is 1.03 bits per heavy atom. The van der Waals surface area contributed by atoms with E-state index in [9.17, 15) is 14.7 Å².